The fraction of sp³-hybridized carbons (Fsp3) is 0.538. The zero-order valence-corrected chi connectivity index (χ0v) is 12.0. The van der Waals surface area contributed by atoms with E-state index in [1.165, 1.54) is 20.0 Å². The number of pyridine rings is 1. The molecule has 0 spiro atoms. The minimum absolute atomic E-state index is 0.110. The van der Waals surface area contributed by atoms with Crippen LogP contribution in [-0.2, 0) is 0 Å². The quantitative estimate of drug-likeness (QED) is 0.821. The average Bonchev–Trinajstić information content (AvgIpc) is 3.16. The summed E-state index contributed by atoms with van der Waals surface area (Å²) >= 11 is 3.46. The summed E-state index contributed by atoms with van der Waals surface area (Å²) < 4.78 is 5.08. The number of carbonyl (C=O) groups excluding carboxylic acids is 1. The van der Waals surface area contributed by atoms with Crippen LogP contribution in [0.3, 0.4) is 0 Å². The van der Waals surface area contributed by atoms with Crippen molar-refractivity contribution >= 4 is 21.8 Å². The molecule has 1 saturated carbocycles. The van der Waals surface area contributed by atoms with Crippen LogP contribution in [0.5, 0.6) is 5.88 Å². The second-order valence-electron chi connectivity index (χ2n) is 4.68. The number of alkyl halides is 1. The molecular formula is C13H17BrN2O2. The van der Waals surface area contributed by atoms with Crippen LogP contribution in [0.2, 0.25) is 0 Å². The van der Waals surface area contributed by atoms with E-state index in [9.17, 15) is 4.79 Å². The molecule has 1 aromatic heterocycles. The highest BCUT2D eigenvalue weighted by molar-refractivity contribution is 9.09. The lowest BCUT2D eigenvalue weighted by atomic mass is 10.0. The third-order valence-corrected chi connectivity index (χ3v) is 3.81. The maximum atomic E-state index is 12.1. The van der Waals surface area contributed by atoms with Crippen LogP contribution in [0, 0.1) is 5.41 Å². The van der Waals surface area contributed by atoms with Crippen LogP contribution in [0.25, 0.3) is 0 Å². The molecule has 0 radical (unpaired) electrons. The molecule has 1 fully saturated rings. The summed E-state index contributed by atoms with van der Waals surface area (Å²) in [6.07, 6.45) is 5.12. The molecule has 98 valence electrons. The van der Waals surface area contributed by atoms with Gasteiger partial charge in [0.15, 0.2) is 0 Å². The van der Waals surface area contributed by atoms with Gasteiger partial charge in [0.05, 0.1) is 7.11 Å². The van der Waals surface area contributed by atoms with Gasteiger partial charge in [-0.15, -0.1) is 0 Å². The normalized spacial score (nSPS) is 16.1. The van der Waals surface area contributed by atoms with E-state index in [1.54, 1.807) is 18.3 Å². The summed E-state index contributed by atoms with van der Waals surface area (Å²) in [5.41, 5.74) is 0.809. The van der Waals surface area contributed by atoms with Crippen molar-refractivity contribution in [3.8, 4) is 5.88 Å². The number of aromatic nitrogens is 1. The van der Waals surface area contributed by atoms with E-state index >= 15 is 0 Å². The smallest absolute Gasteiger partial charge is 0.256 e. The number of ether oxygens (including phenoxy) is 1. The first-order valence-electron chi connectivity index (χ1n) is 6.04. The molecule has 18 heavy (non-hydrogen) atoms. The predicted molar refractivity (Wildman–Crippen MR) is 73.2 cm³/mol. The van der Waals surface area contributed by atoms with Gasteiger partial charge in [0, 0.05) is 18.1 Å². The molecule has 0 atom stereocenters. The molecule has 0 aliphatic heterocycles. The second kappa shape index (κ2) is 5.69. The van der Waals surface area contributed by atoms with Crippen LogP contribution in [0.4, 0.5) is 0 Å². The Bertz CT molecular complexity index is 433. The van der Waals surface area contributed by atoms with Crippen molar-refractivity contribution in [3.63, 3.8) is 0 Å². The number of hydrogen-bond acceptors (Lipinski definition) is 3. The average molecular weight is 313 g/mol. The van der Waals surface area contributed by atoms with Gasteiger partial charge in [-0.3, -0.25) is 4.79 Å². The molecule has 1 N–H and O–H groups in total. The third kappa shape index (κ3) is 3.02. The van der Waals surface area contributed by atoms with Crippen molar-refractivity contribution in [1.29, 1.82) is 0 Å². The number of nitrogens with one attached hydrogen (secondary N) is 1. The van der Waals surface area contributed by atoms with Gasteiger partial charge >= 0.3 is 0 Å². The van der Waals surface area contributed by atoms with Crippen molar-refractivity contribution in [1.82, 2.24) is 10.3 Å². The Hall–Kier alpha value is -1.10. The number of carbonyl (C=O) groups is 1. The molecule has 1 aliphatic carbocycles. The molecule has 0 unspecified atom stereocenters. The van der Waals surface area contributed by atoms with Crippen molar-refractivity contribution in [2.24, 2.45) is 5.41 Å². The molecule has 0 aromatic carbocycles. The number of methoxy groups -OCH3 is 1. The Morgan fingerprint density at radius 1 is 1.61 bits per heavy atom. The number of amides is 1. The van der Waals surface area contributed by atoms with Gasteiger partial charge < -0.3 is 10.1 Å². The first-order chi connectivity index (χ1) is 8.71. The van der Waals surface area contributed by atoms with E-state index in [1.807, 2.05) is 0 Å². The van der Waals surface area contributed by atoms with Gasteiger partial charge in [0.25, 0.3) is 5.91 Å². The van der Waals surface area contributed by atoms with Crippen molar-refractivity contribution in [2.45, 2.75) is 19.3 Å². The molecule has 5 heteroatoms. The largest absolute Gasteiger partial charge is 0.480 e. The number of halogens is 1. The highest BCUT2D eigenvalue weighted by Gasteiger charge is 2.41. The van der Waals surface area contributed by atoms with E-state index in [2.05, 4.69) is 26.2 Å². The first-order valence-corrected chi connectivity index (χ1v) is 7.16. The van der Waals surface area contributed by atoms with E-state index in [0.29, 0.717) is 16.9 Å². The number of hydrogen-bond donors (Lipinski definition) is 1. The van der Waals surface area contributed by atoms with Crippen LogP contribution in [0.1, 0.15) is 29.6 Å². The van der Waals surface area contributed by atoms with E-state index < -0.39 is 0 Å². The molecule has 2 rings (SSSR count). The standard InChI is InChI=1S/C13H17BrN2O2/c1-18-12-10(3-2-8-15-12)11(17)16-9-13(4-5-13)6-7-14/h2-3,8H,4-7,9H2,1H3,(H,16,17). The van der Waals surface area contributed by atoms with E-state index in [-0.39, 0.29) is 5.91 Å². The predicted octanol–water partition coefficient (Wildman–Crippen LogP) is 2.39. The van der Waals surface area contributed by atoms with Crippen molar-refractivity contribution < 1.29 is 9.53 Å². The minimum atomic E-state index is -0.110. The topological polar surface area (TPSA) is 51.2 Å². The minimum Gasteiger partial charge on any atom is -0.480 e. The summed E-state index contributed by atoms with van der Waals surface area (Å²) in [6.45, 7) is 0.732. The lowest BCUT2D eigenvalue weighted by Crippen LogP contribution is -2.30. The maximum absolute atomic E-state index is 12.1. The highest BCUT2D eigenvalue weighted by atomic mass is 79.9. The monoisotopic (exact) mass is 312 g/mol. The SMILES string of the molecule is COc1ncccc1C(=O)NCC1(CCBr)CC1. The molecule has 1 heterocycles. The van der Waals surface area contributed by atoms with Crippen LogP contribution < -0.4 is 10.1 Å². The Morgan fingerprint density at radius 2 is 2.39 bits per heavy atom. The lowest BCUT2D eigenvalue weighted by Gasteiger charge is -2.15. The fourth-order valence-electron chi connectivity index (χ4n) is 1.98. The second-order valence-corrected chi connectivity index (χ2v) is 5.47. The molecule has 1 amide bonds. The molecule has 1 aliphatic rings. The third-order valence-electron chi connectivity index (χ3n) is 3.42. The molecule has 0 bridgehead atoms. The zero-order valence-electron chi connectivity index (χ0n) is 10.4. The Morgan fingerprint density at radius 3 is 3.00 bits per heavy atom. The summed E-state index contributed by atoms with van der Waals surface area (Å²) in [5.74, 6) is 0.265. The molecule has 0 saturated heterocycles. The highest BCUT2D eigenvalue weighted by Crippen LogP contribution is 2.48. The molecule has 4 nitrogen and oxygen atoms in total. The number of nitrogens with zero attached hydrogens (tertiary/aromatic N) is 1. The Kier molecular flexibility index (Phi) is 4.22. The Labute approximate surface area is 115 Å². The zero-order chi connectivity index (χ0) is 13.0. The lowest BCUT2D eigenvalue weighted by molar-refractivity contribution is 0.0940. The maximum Gasteiger partial charge on any atom is 0.256 e. The van der Waals surface area contributed by atoms with Crippen molar-refractivity contribution in [2.75, 3.05) is 19.0 Å². The van der Waals surface area contributed by atoms with Crippen LogP contribution >= 0.6 is 15.9 Å². The van der Waals surface area contributed by atoms with Crippen LogP contribution in [0.15, 0.2) is 18.3 Å². The van der Waals surface area contributed by atoms with Gasteiger partial charge in [-0.25, -0.2) is 4.98 Å². The van der Waals surface area contributed by atoms with Crippen molar-refractivity contribution in [3.05, 3.63) is 23.9 Å². The van der Waals surface area contributed by atoms with Gasteiger partial charge in [0.2, 0.25) is 5.88 Å². The fourth-order valence-corrected chi connectivity index (χ4v) is 2.82. The van der Waals surface area contributed by atoms with Crippen LogP contribution in [-0.4, -0.2) is 29.9 Å². The summed E-state index contributed by atoms with van der Waals surface area (Å²) in [7, 11) is 1.52. The molecular weight excluding hydrogens is 296 g/mol. The Balaban J connectivity index is 1.96. The summed E-state index contributed by atoms with van der Waals surface area (Å²) in [6, 6.07) is 3.47. The van der Waals surface area contributed by atoms with Gasteiger partial charge in [-0.2, -0.15) is 0 Å². The van der Waals surface area contributed by atoms with Gasteiger partial charge in [-0.05, 0) is 36.8 Å². The summed E-state index contributed by atoms with van der Waals surface area (Å²) in [4.78, 5) is 16.1. The number of rotatable bonds is 6. The summed E-state index contributed by atoms with van der Waals surface area (Å²) in [5, 5.41) is 3.97. The van der Waals surface area contributed by atoms with Gasteiger partial charge in [0.1, 0.15) is 5.56 Å². The van der Waals surface area contributed by atoms with E-state index in [4.69, 9.17) is 4.74 Å². The van der Waals surface area contributed by atoms with E-state index in [0.717, 1.165) is 18.3 Å². The first kappa shape index (κ1) is 13.3. The van der Waals surface area contributed by atoms with Gasteiger partial charge in [-0.1, -0.05) is 15.9 Å². The molecule has 1 aromatic rings.